The highest BCUT2D eigenvalue weighted by Gasteiger charge is 2.17. The number of carbonyl (C=O) groups is 2. The predicted molar refractivity (Wildman–Crippen MR) is 82.9 cm³/mol. The van der Waals surface area contributed by atoms with Gasteiger partial charge < -0.3 is 14.4 Å². The maximum Gasteiger partial charge on any atom is 0.342 e. The lowest BCUT2D eigenvalue weighted by Crippen LogP contribution is -2.32. The number of thioether (sulfide) groups is 1. The molecule has 0 radical (unpaired) electrons. The summed E-state index contributed by atoms with van der Waals surface area (Å²) < 4.78 is 10.2. The van der Waals surface area contributed by atoms with Gasteiger partial charge in [0.05, 0.1) is 19.6 Å². The summed E-state index contributed by atoms with van der Waals surface area (Å²) in [6, 6.07) is 7.08. The van der Waals surface area contributed by atoms with Crippen LogP contribution in [0.3, 0.4) is 0 Å². The van der Waals surface area contributed by atoms with E-state index in [-0.39, 0.29) is 24.5 Å². The van der Waals surface area contributed by atoms with Gasteiger partial charge >= 0.3 is 5.97 Å². The number of nitrogens with zero attached hydrogens (tertiary/aromatic N) is 2. The Morgan fingerprint density at radius 1 is 1.41 bits per heavy atom. The lowest BCUT2D eigenvalue weighted by Gasteiger charge is -2.15. The molecule has 0 aliphatic heterocycles. The summed E-state index contributed by atoms with van der Waals surface area (Å²) in [4.78, 5) is 26.1. The molecule has 1 aromatic rings. The highest BCUT2D eigenvalue weighted by molar-refractivity contribution is 7.98. The molecule has 0 atom stereocenters. The van der Waals surface area contributed by atoms with E-state index in [1.165, 1.54) is 23.8 Å². The molecule has 1 rings (SSSR count). The average molecular weight is 322 g/mol. The number of methoxy groups -OCH3 is 1. The Bertz CT molecular complexity index is 583. The Balaban J connectivity index is 2.66. The van der Waals surface area contributed by atoms with Gasteiger partial charge in [-0.1, -0.05) is 0 Å². The van der Waals surface area contributed by atoms with Crippen molar-refractivity contribution in [3.8, 4) is 11.8 Å². The van der Waals surface area contributed by atoms with Crippen LogP contribution in [0.4, 0.5) is 0 Å². The van der Waals surface area contributed by atoms with E-state index in [9.17, 15) is 9.59 Å². The molecule has 1 aromatic carbocycles. The minimum Gasteiger partial charge on any atom is -0.496 e. The molecule has 22 heavy (non-hydrogen) atoms. The largest absolute Gasteiger partial charge is 0.496 e. The van der Waals surface area contributed by atoms with Crippen molar-refractivity contribution in [1.82, 2.24) is 4.90 Å². The molecule has 0 bridgehead atoms. The molecular weight excluding hydrogens is 304 g/mol. The van der Waals surface area contributed by atoms with Crippen LogP contribution in [0.1, 0.15) is 16.8 Å². The van der Waals surface area contributed by atoms with Crippen LogP contribution >= 0.6 is 11.8 Å². The van der Waals surface area contributed by atoms with Gasteiger partial charge in [0.2, 0.25) is 0 Å². The van der Waals surface area contributed by atoms with Crippen LogP contribution in [-0.2, 0) is 9.53 Å². The van der Waals surface area contributed by atoms with E-state index < -0.39 is 5.97 Å². The molecule has 0 fully saturated rings. The zero-order valence-electron chi connectivity index (χ0n) is 12.8. The van der Waals surface area contributed by atoms with Crippen molar-refractivity contribution in [1.29, 1.82) is 5.26 Å². The van der Waals surface area contributed by atoms with E-state index in [4.69, 9.17) is 14.7 Å². The normalized spacial score (nSPS) is 9.73. The monoisotopic (exact) mass is 322 g/mol. The summed E-state index contributed by atoms with van der Waals surface area (Å²) in [5.74, 6) is -0.572. The molecule has 118 valence electrons. The summed E-state index contributed by atoms with van der Waals surface area (Å²) in [6.07, 6.45) is 2.16. The van der Waals surface area contributed by atoms with Crippen molar-refractivity contribution in [2.75, 3.05) is 33.6 Å². The number of nitriles is 1. The molecule has 0 aliphatic rings. The first kappa shape index (κ1) is 17.9. The number of amides is 1. The molecule has 0 aliphatic carbocycles. The number of rotatable bonds is 7. The third-order valence-electron chi connectivity index (χ3n) is 2.94. The van der Waals surface area contributed by atoms with E-state index >= 15 is 0 Å². The zero-order valence-corrected chi connectivity index (χ0v) is 13.6. The van der Waals surface area contributed by atoms with Gasteiger partial charge in [-0.05, 0) is 24.5 Å². The Labute approximate surface area is 134 Å². The molecule has 0 saturated carbocycles. The minimum absolute atomic E-state index is 0.236. The van der Waals surface area contributed by atoms with Crippen LogP contribution in [0.5, 0.6) is 5.75 Å². The third kappa shape index (κ3) is 4.97. The van der Waals surface area contributed by atoms with Gasteiger partial charge in [-0.15, -0.1) is 11.8 Å². The average Bonchev–Trinajstić information content (AvgIpc) is 2.56. The Morgan fingerprint density at radius 2 is 2.14 bits per heavy atom. The molecule has 7 heteroatoms. The molecule has 6 nitrogen and oxygen atoms in total. The Hall–Kier alpha value is -2.20. The Morgan fingerprint density at radius 3 is 2.73 bits per heavy atom. The minimum atomic E-state index is -0.619. The summed E-state index contributed by atoms with van der Waals surface area (Å²) in [5.41, 5.74) is 0.271. The van der Waals surface area contributed by atoms with Crippen molar-refractivity contribution in [3.63, 3.8) is 0 Å². The molecule has 0 N–H and O–H groups in total. The van der Waals surface area contributed by atoms with Crippen molar-refractivity contribution in [2.24, 2.45) is 0 Å². The van der Waals surface area contributed by atoms with Gasteiger partial charge in [0.25, 0.3) is 5.91 Å². The highest BCUT2D eigenvalue weighted by atomic mass is 32.2. The van der Waals surface area contributed by atoms with Gasteiger partial charge in [-0.2, -0.15) is 5.26 Å². The highest BCUT2D eigenvalue weighted by Crippen LogP contribution is 2.25. The molecule has 0 unspecified atom stereocenters. The second-order valence-corrected chi connectivity index (χ2v) is 5.25. The number of esters is 1. The Kier molecular flexibility index (Phi) is 7.26. The predicted octanol–water partition coefficient (Wildman–Crippen LogP) is 1.95. The fourth-order valence-corrected chi connectivity index (χ4v) is 2.05. The van der Waals surface area contributed by atoms with Gasteiger partial charge in [0.15, 0.2) is 6.61 Å². The van der Waals surface area contributed by atoms with Crippen molar-refractivity contribution >= 4 is 23.6 Å². The lowest BCUT2D eigenvalue weighted by molar-refractivity contribution is -0.133. The lowest BCUT2D eigenvalue weighted by atomic mass is 10.2. The summed E-state index contributed by atoms with van der Waals surface area (Å²) in [5, 5.41) is 8.48. The van der Waals surface area contributed by atoms with Crippen LogP contribution in [0.25, 0.3) is 0 Å². The second kappa shape index (κ2) is 8.95. The number of benzene rings is 1. The van der Waals surface area contributed by atoms with E-state index in [1.54, 1.807) is 25.2 Å². The number of likely N-dealkylation sites (N-methyl/N-ethyl adjacent to an activating group) is 1. The molecule has 0 heterocycles. The number of hydrogen-bond acceptors (Lipinski definition) is 6. The van der Waals surface area contributed by atoms with E-state index in [0.717, 1.165) is 4.90 Å². The number of carbonyl (C=O) groups excluding carboxylic acids is 2. The summed E-state index contributed by atoms with van der Waals surface area (Å²) in [7, 11) is 3.03. The van der Waals surface area contributed by atoms with Crippen molar-refractivity contribution in [3.05, 3.63) is 23.8 Å². The summed E-state index contributed by atoms with van der Waals surface area (Å²) >= 11 is 1.53. The fourth-order valence-electron chi connectivity index (χ4n) is 1.62. The smallest absolute Gasteiger partial charge is 0.342 e. The van der Waals surface area contributed by atoms with Gasteiger partial charge in [0, 0.05) is 18.5 Å². The van der Waals surface area contributed by atoms with Crippen LogP contribution in [0, 0.1) is 11.3 Å². The quantitative estimate of drug-likeness (QED) is 0.564. The SMILES string of the molecule is COc1cc(SC)ccc1C(=O)OCC(=O)N(C)CCC#N. The van der Waals surface area contributed by atoms with E-state index in [0.29, 0.717) is 12.3 Å². The maximum atomic E-state index is 12.0. The number of ether oxygens (including phenoxy) is 2. The molecule has 0 spiro atoms. The van der Waals surface area contributed by atoms with Crippen LogP contribution in [-0.4, -0.2) is 50.3 Å². The van der Waals surface area contributed by atoms with Crippen molar-refractivity contribution in [2.45, 2.75) is 11.3 Å². The molecule has 1 amide bonds. The second-order valence-electron chi connectivity index (χ2n) is 4.37. The zero-order chi connectivity index (χ0) is 16.5. The number of hydrogen-bond donors (Lipinski definition) is 0. The van der Waals surface area contributed by atoms with Gasteiger partial charge in [-0.25, -0.2) is 4.79 Å². The molecular formula is C15H18N2O4S. The fraction of sp³-hybridized carbons (Fsp3) is 0.400. The van der Waals surface area contributed by atoms with Crippen LogP contribution < -0.4 is 4.74 Å². The topological polar surface area (TPSA) is 79.6 Å². The first-order chi connectivity index (χ1) is 10.5. The van der Waals surface area contributed by atoms with Crippen LogP contribution in [0.2, 0.25) is 0 Å². The third-order valence-corrected chi connectivity index (χ3v) is 3.67. The van der Waals surface area contributed by atoms with Crippen molar-refractivity contribution < 1.29 is 19.1 Å². The maximum absolute atomic E-state index is 12.0. The van der Waals surface area contributed by atoms with Gasteiger partial charge in [0.1, 0.15) is 11.3 Å². The standard InChI is InChI=1S/C15H18N2O4S/c1-17(8-4-7-16)14(18)10-21-15(19)12-6-5-11(22-3)9-13(12)20-2/h5-6,9H,4,8,10H2,1-3H3. The van der Waals surface area contributed by atoms with E-state index in [1.807, 2.05) is 12.3 Å². The summed E-state index contributed by atoms with van der Waals surface area (Å²) in [6.45, 7) is -0.0627. The molecule has 0 aromatic heterocycles. The first-order valence-electron chi connectivity index (χ1n) is 6.53. The van der Waals surface area contributed by atoms with Gasteiger partial charge in [-0.3, -0.25) is 4.79 Å². The van der Waals surface area contributed by atoms with Crippen LogP contribution in [0.15, 0.2) is 23.1 Å². The first-order valence-corrected chi connectivity index (χ1v) is 7.76. The van der Waals surface area contributed by atoms with E-state index in [2.05, 4.69) is 0 Å². The molecule has 0 saturated heterocycles.